The molecule has 1 heterocycles. The van der Waals surface area contributed by atoms with E-state index in [1.165, 1.54) is 18.2 Å². The van der Waals surface area contributed by atoms with Crippen LogP contribution in [0.25, 0.3) is 0 Å². The standard InChI is InChI=1S/C18H28F2N4O.HI/c1-3-21-18(22-10-6-12-25-4-2)23-14-9-11-24(13-14)17-15(19)7-5-8-16(17)20;/h5,7-8,14H,3-4,6,9-13H2,1-2H3,(H2,21,22,23);1H. The topological polar surface area (TPSA) is 48.9 Å². The third kappa shape index (κ3) is 6.86. The fourth-order valence-electron chi connectivity index (χ4n) is 2.89. The average Bonchev–Trinajstić information content (AvgIpc) is 3.02. The van der Waals surface area contributed by atoms with Gasteiger partial charge in [0.1, 0.15) is 17.3 Å². The summed E-state index contributed by atoms with van der Waals surface area (Å²) in [4.78, 5) is 6.28. The zero-order chi connectivity index (χ0) is 18.1. The number of guanidine groups is 1. The minimum Gasteiger partial charge on any atom is -0.382 e. The van der Waals surface area contributed by atoms with E-state index in [4.69, 9.17) is 4.74 Å². The summed E-state index contributed by atoms with van der Waals surface area (Å²) in [5.41, 5.74) is 0.0606. The van der Waals surface area contributed by atoms with Crippen LogP contribution in [0.2, 0.25) is 0 Å². The summed E-state index contributed by atoms with van der Waals surface area (Å²) in [7, 11) is 0. The van der Waals surface area contributed by atoms with Crippen LogP contribution in [-0.4, -0.2) is 51.4 Å². The van der Waals surface area contributed by atoms with Crippen LogP contribution in [0.1, 0.15) is 26.7 Å². The van der Waals surface area contributed by atoms with Crippen molar-refractivity contribution in [3.05, 3.63) is 29.8 Å². The van der Waals surface area contributed by atoms with Crippen LogP contribution in [0.4, 0.5) is 14.5 Å². The summed E-state index contributed by atoms with van der Waals surface area (Å²) >= 11 is 0. The number of ether oxygens (including phenoxy) is 1. The highest BCUT2D eigenvalue weighted by Crippen LogP contribution is 2.26. The van der Waals surface area contributed by atoms with Crippen molar-refractivity contribution in [2.45, 2.75) is 32.7 Å². The first kappa shape index (κ1) is 22.9. The van der Waals surface area contributed by atoms with Gasteiger partial charge in [-0.3, -0.25) is 4.99 Å². The summed E-state index contributed by atoms with van der Waals surface area (Å²) in [5, 5.41) is 6.57. The van der Waals surface area contributed by atoms with Gasteiger partial charge in [-0.15, -0.1) is 24.0 Å². The van der Waals surface area contributed by atoms with Gasteiger partial charge in [0.15, 0.2) is 5.96 Å². The quantitative estimate of drug-likeness (QED) is 0.259. The lowest BCUT2D eigenvalue weighted by molar-refractivity contribution is 0.146. The van der Waals surface area contributed by atoms with Crippen LogP contribution in [0.5, 0.6) is 0 Å². The molecule has 1 unspecified atom stereocenters. The van der Waals surface area contributed by atoms with Crippen molar-refractivity contribution >= 4 is 35.6 Å². The predicted octanol–water partition coefficient (Wildman–Crippen LogP) is 3.14. The third-order valence-corrected chi connectivity index (χ3v) is 4.05. The highest BCUT2D eigenvalue weighted by Gasteiger charge is 2.27. The number of nitrogens with zero attached hydrogens (tertiary/aromatic N) is 2. The van der Waals surface area contributed by atoms with Gasteiger partial charge in [0.05, 0.1) is 0 Å². The Morgan fingerprint density at radius 2 is 2.04 bits per heavy atom. The number of hydrogen-bond donors (Lipinski definition) is 2. The number of hydrogen-bond acceptors (Lipinski definition) is 3. The van der Waals surface area contributed by atoms with Crippen LogP contribution in [0.3, 0.4) is 0 Å². The van der Waals surface area contributed by atoms with Crippen LogP contribution in [0, 0.1) is 11.6 Å². The van der Waals surface area contributed by atoms with E-state index in [0.29, 0.717) is 32.8 Å². The van der Waals surface area contributed by atoms with E-state index in [2.05, 4.69) is 15.6 Å². The second-order valence-electron chi connectivity index (χ2n) is 5.96. The summed E-state index contributed by atoms with van der Waals surface area (Å²) in [5.74, 6) is -0.297. The lowest BCUT2D eigenvalue weighted by Crippen LogP contribution is -2.44. The zero-order valence-electron chi connectivity index (χ0n) is 15.4. The second kappa shape index (κ2) is 12.3. The van der Waals surface area contributed by atoms with E-state index >= 15 is 0 Å². The molecular weight excluding hydrogens is 453 g/mol. The molecule has 8 heteroatoms. The van der Waals surface area contributed by atoms with Crippen LogP contribution in [-0.2, 0) is 4.74 Å². The lowest BCUT2D eigenvalue weighted by atomic mass is 10.2. The van der Waals surface area contributed by atoms with Crippen molar-refractivity contribution in [3.63, 3.8) is 0 Å². The maximum atomic E-state index is 13.9. The van der Waals surface area contributed by atoms with Gasteiger partial charge in [0, 0.05) is 45.4 Å². The first-order chi connectivity index (χ1) is 12.2. The molecule has 0 spiro atoms. The first-order valence-corrected chi connectivity index (χ1v) is 8.97. The normalized spacial score (nSPS) is 17.2. The van der Waals surface area contributed by atoms with E-state index in [1.807, 2.05) is 13.8 Å². The average molecular weight is 482 g/mol. The van der Waals surface area contributed by atoms with E-state index in [1.54, 1.807) is 4.90 Å². The fraction of sp³-hybridized carbons (Fsp3) is 0.611. The molecule has 1 aliphatic heterocycles. The number of rotatable bonds is 8. The molecular formula is C18H29F2IN4O. The number of aliphatic imine (C=N–C) groups is 1. The van der Waals surface area contributed by atoms with E-state index < -0.39 is 11.6 Å². The SMILES string of the molecule is CCNC(=NCCCOCC)NC1CCN(c2c(F)cccc2F)C1.I. The van der Waals surface area contributed by atoms with E-state index in [0.717, 1.165) is 25.3 Å². The molecule has 0 aromatic heterocycles. The highest BCUT2D eigenvalue weighted by molar-refractivity contribution is 14.0. The van der Waals surface area contributed by atoms with Crippen molar-refractivity contribution in [1.29, 1.82) is 0 Å². The number of nitrogens with one attached hydrogen (secondary N) is 2. The lowest BCUT2D eigenvalue weighted by Gasteiger charge is -2.21. The minimum atomic E-state index is -0.517. The van der Waals surface area contributed by atoms with Gasteiger partial charge >= 0.3 is 0 Å². The Labute approximate surface area is 171 Å². The first-order valence-electron chi connectivity index (χ1n) is 8.97. The molecule has 0 amide bonds. The maximum Gasteiger partial charge on any atom is 0.191 e. The van der Waals surface area contributed by atoms with Gasteiger partial charge in [-0.25, -0.2) is 8.78 Å². The van der Waals surface area contributed by atoms with Crippen molar-refractivity contribution in [2.24, 2.45) is 4.99 Å². The molecule has 0 radical (unpaired) electrons. The Morgan fingerprint density at radius 3 is 2.69 bits per heavy atom. The maximum absolute atomic E-state index is 13.9. The molecule has 1 aliphatic rings. The number of benzene rings is 1. The van der Waals surface area contributed by atoms with Crippen molar-refractivity contribution in [1.82, 2.24) is 10.6 Å². The molecule has 0 bridgehead atoms. The molecule has 1 saturated heterocycles. The van der Waals surface area contributed by atoms with Gasteiger partial charge < -0.3 is 20.3 Å². The number of halogens is 3. The molecule has 5 nitrogen and oxygen atoms in total. The Bertz CT molecular complexity index is 554. The van der Waals surface area contributed by atoms with Crippen molar-refractivity contribution < 1.29 is 13.5 Å². The van der Waals surface area contributed by atoms with E-state index in [-0.39, 0.29) is 35.7 Å². The van der Waals surface area contributed by atoms with Gasteiger partial charge in [0.25, 0.3) is 0 Å². The summed E-state index contributed by atoms with van der Waals surface area (Å²) < 4.78 is 33.2. The molecule has 1 aromatic carbocycles. The molecule has 148 valence electrons. The second-order valence-corrected chi connectivity index (χ2v) is 5.96. The Balaban J connectivity index is 0.00000338. The van der Waals surface area contributed by atoms with Crippen LogP contribution < -0.4 is 15.5 Å². The Morgan fingerprint density at radius 1 is 1.31 bits per heavy atom. The molecule has 2 rings (SSSR count). The number of anilines is 1. The summed E-state index contributed by atoms with van der Waals surface area (Å²) in [6.45, 7) is 7.98. The number of para-hydroxylation sites is 1. The minimum absolute atomic E-state index is 0. The van der Waals surface area contributed by atoms with Gasteiger partial charge in [-0.1, -0.05) is 6.07 Å². The third-order valence-electron chi connectivity index (χ3n) is 4.05. The predicted molar refractivity (Wildman–Crippen MR) is 113 cm³/mol. The summed E-state index contributed by atoms with van der Waals surface area (Å²) in [6, 6.07) is 4.08. The summed E-state index contributed by atoms with van der Waals surface area (Å²) in [6.07, 6.45) is 1.67. The fourth-order valence-corrected chi connectivity index (χ4v) is 2.89. The molecule has 1 fully saturated rings. The Kier molecular flexibility index (Phi) is 10.8. The zero-order valence-corrected chi connectivity index (χ0v) is 17.8. The Hall–Kier alpha value is -1.16. The van der Waals surface area contributed by atoms with E-state index in [9.17, 15) is 8.78 Å². The van der Waals surface area contributed by atoms with Crippen molar-refractivity contribution in [3.8, 4) is 0 Å². The van der Waals surface area contributed by atoms with Gasteiger partial charge in [-0.05, 0) is 38.8 Å². The molecule has 2 N–H and O–H groups in total. The molecule has 1 aromatic rings. The van der Waals surface area contributed by atoms with Gasteiger partial charge in [0.2, 0.25) is 0 Å². The smallest absolute Gasteiger partial charge is 0.191 e. The largest absolute Gasteiger partial charge is 0.382 e. The molecule has 26 heavy (non-hydrogen) atoms. The molecule has 0 saturated carbocycles. The van der Waals surface area contributed by atoms with Crippen LogP contribution >= 0.6 is 24.0 Å². The monoisotopic (exact) mass is 482 g/mol. The molecule has 0 aliphatic carbocycles. The van der Waals surface area contributed by atoms with Crippen LogP contribution in [0.15, 0.2) is 23.2 Å². The van der Waals surface area contributed by atoms with Crippen molar-refractivity contribution in [2.75, 3.05) is 44.3 Å². The molecule has 1 atom stereocenters. The van der Waals surface area contributed by atoms with Gasteiger partial charge in [-0.2, -0.15) is 0 Å². The highest BCUT2D eigenvalue weighted by atomic mass is 127.